The first-order chi connectivity index (χ1) is 22.2. The number of allylic oxidation sites excluding steroid dienone is 4. The second-order valence-electron chi connectivity index (χ2n) is 13.2. The molecule has 0 aliphatic rings. The van der Waals surface area contributed by atoms with Crippen LogP contribution in [0.2, 0.25) is 0 Å². The minimum atomic E-state index is 0.102. The summed E-state index contributed by atoms with van der Waals surface area (Å²) < 4.78 is 0. The van der Waals surface area contributed by atoms with Crippen LogP contribution in [0.3, 0.4) is 0 Å². The molecule has 0 spiro atoms. The zero-order valence-corrected chi connectivity index (χ0v) is 30.3. The zero-order chi connectivity index (χ0) is 32.9. The molecule has 0 aliphatic heterocycles. The fraction of sp³-hybridized carbons (Fsp3) is 0.850. The van der Waals surface area contributed by atoms with Crippen molar-refractivity contribution in [3.63, 3.8) is 0 Å². The van der Waals surface area contributed by atoms with E-state index in [9.17, 15) is 9.59 Å². The minimum Gasteiger partial charge on any atom is -0.354 e. The molecule has 0 atom stereocenters. The summed E-state index contributed by atoms with van der Waals surface area (Å²) in [4.78, 5) is 26.8. The Morgan fingerprint density at radius 3 is 1.31 bits per heavy atom. The Kier molecular flexibility index (Phi) is 35.5. The lowest BCUT2D eigenvalue weighted by molar-refractivity contribution is -0.131. The van der Waals surface area contributed by atoms with Gasteiger partial charge in [-0.05, 0) is 64.2 Å². The first-order valence-electron chi connectivity index (χ1n) is 19.7. The van der Waals surface area contributed by atoms with Crippen molar-refractivity contribution in [1.29, 1.82) is 0 Å². The summed E-state index contributed by atoms with van der Waals surface area (Å²) in [7, 11) is 0. The highest BCUT2D eigenvalue weighted by Crippen LogP contribution is 2.12. The number of carbonyl (C=O) groups is 2. The van der Waals surface area contributed by atoms with Gasteiger partial charge >= 0.3 is 0 Å². The van der Waals surface area contributed by atoms with Gasteiger partial charge in [0.05, 0.1) is 0 Å². The van der Waals surface area contributed by atoms with Gasteiger partial charge in [0.1, 0.15) is 0 Å². The van der Waals surface area contributed by atoms with Crippen LogP contribution in [-0.2, 0) is 9.59 Å². The number of nitrogens with two attached hydrogens (primary N) is 1. The van der Waals surface area contributed by atoms with Gasteiger partial charge in [-0.15, -0.1) is 0 Å². The Bertz CT molecular complexity index is 691. The van der Waals surface area contributed by atoms with E-state index in [1.54, 1.807) is 0 Å². The largest absolute Gasteiger partial charge is 0.354 e. The van der Waals surface area contributed by atoms with E-state index in [0.717, 1.165) is 25.7 Å². The van der Waals surface area contributed by atoms with Crippen molar-refractivity contribution < 1.29 is 9.59 Å². The van der Waals surface area contributed by atoms with Crippen LogP contribution in [-0.4, -0.2) is 42.9 Å². The number of carbonyl (C=O) groups excluding carboxylic acids is 2. The second kappa shape index (κ2) is 36.8. The van der Waals surface area contributed by atoms with E-state index in [0.29, 0.717) is 39.0 Å². The lowest BCUT2D eigenvalue weighted by atomic mass is 10.1. The first-order valence-corrected chi connectivity index (χ1v) is 19.7. The van der Waals surface area contributed by atoms with Crippen LogP contribution in [0.4, 0.5) is 0 Å². The molecule has 0 saturated heterocycles. The predicted molar refractivity (Wildman–Crippen MR) is 198 cm³/mol. The molecule has 0 saturated carbocycles. The van der Waals surface area contributed by atoms with Gasteiger partial charge in [-0.3, -0.25) is 9.59 Å². The molecule has 0 heterocycles. The van der Waals surface area contributed by atoms with Gasteiger partial charge < -0.3 is 16.0 Å². The maximum atomic E-state index is 12.7. The minimum absolute atomic E-state index is 0.102. The highest BCUT2D eigenvalue weighted by Gasteiger charge is 2.12. The lowest BCUT2D eigenvalue weighted by Gasteiger charge is -2.22. The molecule has 0 bridgehead atoms. The van der Waals surface area contributed by atoms with E-state index >= 15 is 0 Å². The molecule has 0 aromatic carbocycles. The van der Waals surface area contributed by atoms with E-state index in [1.165, 1.54) is 141 Å². The molecular weight excluding hydrogens is 554 g/mol. The Labute approximate surface area is 281 Å². The van der Waals surface area contributed by atoms with Gasteiger partial charge in [0.15, 0.2) is 0 Å². The van der Waals surface area contributed by atoms with Crippen molar-refractivity contribution >= 4 is 11.8 Å². The third-order valence-electron chi connectivity index (χ3n) is 8.77. The fourth-order valence-corrected chi connectivity index (χ4v) is 5.80. The van der Waals surface area contributed by atoms with Gasteiger partial charge in [0.2, 0.25) is 11.8 Å². The fourth-order valence-electron chi connectivity index (χ4n) is 5.80. The molecule has 0 aromatic rings. The van der Waals surface area contributed by atoms with Crippen molar-refractivity contribution in [2.45, 2.75) is 194 Å². The Morgan fingerprint density at radius 2 is 0.889 bits per heavy atom. The summed E-state index contributed by atoms with van der Waals surface area (Å²) >= 11 is 0. The molecule has 0 aromatic heterocycles. The second-order valence-corrected chi connectivity index (χ2v) is 13.2. The van der Waals surface area contributed by atoms with E-state index < -0.39 is 0 Å². The van der Waals surface area contributed by atoms with Crippen molar-refractivity contribution in [2.75, 3.05) is 26.2 Å². The number of hydrogen-bond donors (Lipinski definition) is 2. The highest BCUT2D eigenvalue weighted by molar-refractivity contribution is 5.77. The average Bonchev–Trinajstić information content (AvgIpc) is 3.04. The molecule has 5 heteroatoms. The Hall–Kier alpha value is -1.62. The van der Waals surface area contributed by atoms with Crippen LogP contribution < -0.4 is 11.1 Å². The van der Waals surface area contributed by atoms with Gasteiger partial charge in [0, 0.05) is 39.0 Å². The van der Waals surface area contributed by atoms with Crippen molar-refractivity contribution in [3.05, 3.63) is 24.3 Å². The number of nitrogens with zero attached hydrogens (tertiary/aromatic N) is 1. The first kappa shape index (κ1) is 43.4. The van der Waals surface area contributed by atoms with E-state index in [1.807, 2.05) is 4.90 Å². The molecule has 0 radical (unpaired) electrons. The summed E-state index contributed by atoms with van der Waals surface area (Å²) in [6.45, 7) is 6.63. The predicted octanol–water partition coefficient (Wildman–Crippen LogP) is 11.0. The molecule has 5 nitrogen and oxygen atoms in total. The third kappa shape index (κ3) is 33.6. The molecular formula is C40H77N3O2. The molecule has 3 N–H and O–H groups in total. The lowest BCUT2D eigenvalue weighted by Crippen LogP contribution is -2.41. The number of rotatable bonds is 35. The molecule has 264 valence electrons. The van der Waals surface area contributed by atoms with Gasteiger partial charge in [-0.2, -0.15) is 0 Å². The zero-order valence-electron chi connectivity index (χ0n) is 30.3. The summed E-state index contributed by atoms with van der Waals surface area (Å²) in [5.74, 6) is 0.273. The van der Waals surface area contributed by atoms with E-state index in [-0.39, 0.29) is 11.8 Å². The highest BCUT2D eigenvalue weighted by atomic mass is 16.2. The van der Waals surface area contributed by atoms with Crippen LogP contribution in [0, 0.1) is 0 Å². The summed E-state index contributed by atoms with van der Waals surface area (Å²) in [6.07, 6.45) is 43.3. The molecule has 45 heavy (non-hydrogen) atoms. The van der Waals surface area contributed by atoms with Crippen molar-refractivity contribution in [1.82, 2.24) is 10.2 Å². The standard InChI is InChI=1S/C40H77N3O2/c1-3-5-7-9-11-13-15-17-19-21-23-25-27-29-31-33-39(44)42-36-38-43(37-35-41)40(45)34-32-30-28-26-24-22-20-18-16-14-12-10-8-6-4-2/h17-20H,3-16,21-38,41H2,1-2H3,(H,42,44). The summed E-state index contributed by atoms with van der Waals surface area (Å²) in [5, 5.41) is 3.01. The van der Waals surface area contributed by atoms with Crippen LogP contribution in [0.5, 0.6) is 0 Å². The van der Waals surface area contributed by atoms with Gasteiger partial charge in [-0.25, -0.2) is 0 Å². The van der Waals surface area contributed by atoms with Crippen LogP contribution in [0.25, 0.3) is 0 Å². The van der Waals surface area contributed by atoms with Gasteiger partial charge in [0.25, 0.3) is 0 Å². The summed E-state index contributed by atoms with van der Waals surface area (Å²) in [5.41, 5.74) is 5.76. The molecule has 2 amide bonds. The number of amides is 2. The molecule has 0 rings (SSSR count). The maximum Gasteiger partial charge on any atom is 0.222 e. The molecule has 0 fully saturated rings. The Morgan fingerprint density at radius 1 is 0.511 bits per heavy atom. The third-order valence-corrected chi connectivity index (χ3v) is 8.77. The topological polar surface area (TPSA) is 75.4 Å². The average molecular weight is 632 g/mol. The number of unbranched alkanes of at least 4 members (excludes halogenated alkanes) is 22. The van der Waals surface area contributed by atoms with E-state index in [2.05, 4.69) is 43.5 Å². The monoisotopic (exact) mass is 632 g/mol. The Balaban J connectivity index is 3.68. The van der Waals surface area contributed by atoms with E-state index in [4.69, 9.17) is 5.73 Å². The smallest absolute Gasteiger partial charge is 0.222 e. The van der Waals surface area contributed by atoms with Crippen LogP contribution in [0.15, 0.2) is 24.3 Å². The van der Waals surface area contributed by atoms with Crippen molar-refractivity contribution in [2.24, 2.45) is 5.73 Å². The summed E-state index contributed by atoms with van der Waals surface area (Å²) in [6, 6.07) is 0. The molecule has 0 unspecified atom stereocenters. The quantitative estimate of drug-likeness (QED) is 0.0540. The van der Waals surface area contributed by atoms with Gasteiger partial charge in [-0.1, -0.05) is 141 Å². The van der Waals surface area contributed by atoms with Crippen molar-refractivity contribution in [3.8, 4) is 0 Å². The number of nitrogens with one attached hydrogen (secondary N) is 1. The van der Waals surface area contributed by atoms with Crippen LogP contribution >= 0.6 is 0 Å². The molecule has 0 aliphatic carbocycles. The SMILES string of the molecule is CCCCCCCCC=CCCCCCCCC(=O)NCCN(CCN)C(=O)CCCCCCCC=CCCCCCCCC. The number of hydrogen-bond acceptors (Lipinski definition) is 3. The van der Waals surface area contributed by atoms with Crippen LogP contribution in [0.1, 0.15) is 194 Å². The maximum absolute atomic E-state index is 12.7. The normalized spacial score (nSPS) is 11.6.